The second-order valence-electron chi connectivity index (χ2n) is 7.24. The first-order valence-electron chi connectivity index (χ1n) is 9.01. The number of para-hydroxylation sites is 1. The van der Waals surface area contributed by atoms with Crippen molar-refractivity contribution in [1.82, 2.24) is 0 Å². The molecule has 0 aromatic heterocycles. The van der Waals surface area contributed by atoms with Crippen LogP contribution in [0.2, 0.25) is 0 Å². The third-order valence-corrected chi connectivity index (χ3v) is 5.56. The predicted molar refractivity (Wildman–Crippen MR) is 106 cm³/mol. The Hall–Kier alpha value is -0.796. The monoisotopic (exact) mass is 423 g/mol. The molecule has 0 spiro atoms. The van der Waals surface area contributed by atoms with Gasteiger partial charge in [0.25, 0.3) is 0 Å². The summed E-state index contributed by atoms with van der Waals surface area (Å²) < 4.78 is 0. The molecular weight excluding hydrogens is 401 g/mol. The molecule has 5 heteroatoms. The van der Waals surface area contributed by atoms with E-state index in [9.17, 15) is 5.11 Å². The van der Waals surface area contributed by atoms with Crippen molar-refractivity contribution in [3.63, 3.8) is 0 Å². The van der Waals surface area contributed by atoms with Crippen LogP contribution in [0.3, 0.4) is 0 Å². The number of aromatic hydroxyl groups is 1. The van der Waals surface area contributed by atoms with Gasteiger partial charge in [-0.3, -0.25) is 4.99 Å². The Morgan fingerprint density at radius 3 is 2.46 bits per heavy atom. The van der Waals surface area contributed by atoms with E-state index in [0.717, 1.165) is 28.7 Å². The molecule has 0 aliphatic heterocycles. The zero-order valence-corrected chi connectivity index (χ0v) is 17.9. The van der Waals surface area contributed by atoms with Gasteiger partial charge in [-0.15, -0.1) is 0 Å². The number of aliphatic imine (C=N–C) groups is 1. The topological polar surface area (TPSA) is 32.6 Å². The fourth-order valence-corrected chi connectivity index (χ4v) is 4.50. The molecule has 2 aliphatic rings. The van der Waals surface area contributed by atoms with Crippen molar-refractivity contribution in [1.29, 1.82) is 0 Å². The zero-order chi connectivity index (χ0) is 18.5. The van der Waals surface area contributed by atoms with Crippen LogP contribution in [0.4, 0.5) is 5.69 Å². The number of hydrogen-bond acceptors (Lipinski definition) is 2. The Labute approximate surface area is 172 Å². The first kappa shape index (κ1) is 20.0. The number of rotatable bonds is 3. The van der Waals surface area contributed by atoms with E-state index in [4.69, 9.17) is 18.6 Å². The molecule has 0 radical (unpaired) electrons. The average molecular weight is 424 g/mol. The van der Waals surface area contributed by atoms with Crippen molar-refractivity contribution in [2.45, 2.75) is 38.5 Å². The van der Waals surface area contributed by atoms with Crippen LogP contribution in [0.5, 0.6) is 5.75 Å². The molecular formula is C21H23Cl2NOTi. The molecule has 3 atom stereocenters. The van der Waals surface area contributed by atoms with E-state index in [0.29, 0.717) is 11.7 Å². The van der Waals surface area contributed by atoms with E-state index in [1.54, 1.807) is 6.21 Å². The van der Waals surface area contributed by atoms with Crippen LogP contribution in [-0.2, 0) is 17.0 Å². The molecule has 2 nitrogen and oxygen atoms in total. The van der Waals surface area contributed by atoms with Gasteiger partial charge in [0.15, 0.2) is 0 Å². The van der Waals surface area contributed by atoms with Gasteiger partial charge in [0, 0.05) is 11.8 Å². The molecule has 26 heavy (non-hydrogen) atoms. The van der Waals surface area contributed by atoms with Gasteiger partial charge in [0.1, 0.15) is 5.75 Å². The van der Waals surface area contributed by atoms with Gasteiger partial charge in [0.2, 0.25) is 0 Å². The van der Waals surface area contributed by atoms with E-state index < -0.39 is 17.0 Å². The molecule has 2 saturated carbocycles. The quantitative estimate of drug-likeness (QED) is 0.430. The van der Waals surface area contributed by atoms with Crippen molar-refractivity contribution in [2.75, 3.05) is 0 Å². The van der Waals surface area contributed by atoms with E-state index in [-0.39, 0.29) is 0 Å². The molecule has 0 amide bonds. The molecule has 1 N–H and O–H groups in total. The SMILES string of the molecule is Cc1cc(C=Nc2ccccc2)c(O)c(C2CC3CCC2C3)c1.[Cl][Ti][Cl]. The Morgan fingerprint density at radius 1 is 1.12 bits per heavy atom. The minimum atomic E-state index is -0.556. The summed E-state index contributed by atoms with van der Waals surface area (Å²) in [7, 11) is 9.78. The number of phenols is 1. The fraction of sp³-hybridized carbons (Fsp3) is 0.381. The molecule has 3 unspecified atom stereocenters. The van der Waals surface area contributed by atoms with Crippen molar-refractivity contribution in [3.8, 4) is 5.75 Å². The Kier molecular flexibility index (Phi) is 7.23. The third kappa shape index (κ3) is 4.73. The number of halogens is 2. The van der Waals surface area contributed by atoms with E-state index in [1.807, 2.05) is 36.4 Å². The van der Waals surface area contributed by atoms with Crippen molar-refractivity contribution in [2.24, 2.45) is 16.8 Å². The van der Waals surface area contributed by atoms with Gasteiger partial charge >= 0.3 is 35.6 Å². The molecule has 4 rings (SSSR count). The van der Waals surface area contributed by atoms with Gasteiger partial charge in [0.05, 0.1) is 5.69 Å². The van der Waals surface area contributed by atoms with Crippen LogP contribution in [0.25, 0.3) is 0 Å². The van der Waals surface area contributed by atoms with Crippen LogP contribution in [0.15, 0.2) is 47.5 Å². The Bertz CT molecular complexity index is 766. The van der Waals surface area contributed by atoms with Crippen LogP contribution in [0, 0.1) is 18.8 Å². The maximum atomic E-state index is 10.8. The summed E-state index contributed by atoms with van der Waals surface area (Å²) in [6.45, 7) is 2.11. The fourth-order valence-electron chi connectivity index (χ4n) is 4.50. The second kappa shape index (κ2) is 9.42. The number of phenolic OH excluding ortho intramolecular Hbond substituents is 1. The minimum absolute atomic E-state index is 0.438. The number of nitrogens with zero attached hydrogens (tertiary/aromatic N) is 1. The summed E-state index contributed by atoms with van der Waals surface area (Å²) in [5, 5.41) is 10.8. The van der Waals surface area contributed by atoms with Gasteiger partial charge < -0.3 is 5.11 Å². The summed E-state index contributed by atoms with van der Waals surface area (Å²) in [6.07, 6.45) is 7.11. The van der Waals surface area contributed by atoms with Crippen LogP contribution >= 0.6 is 18.6 Å². The molecule has 0 saturated heterocycles. The Balaban J connectivity index is 0.000000613. The molecule has 2 aliphatic carbocycles. The van der Waals surface area contributed by atoms with Gasteiger partial charge in [-0.05, 0) is 73.3 Å². The van der Waals surface area contributed by atoms with Crippen LogP contribution in [0.1, 0.15) is 48.3 Å². The van der Waals surface area contributed by atoms with E-state index in [1.165, 1.54) is 31.2 Å². The molecule has 2 bridgehead atoms. The molecule has 2 aromatic carbocycles. The Morgan fingerprint density at radius 2 is 1.85 bits per heavy atom. The summed E-state index contributed by atoms with van der Waals surface area (Å²) in [6, 6.07) is 14.1. The first-order chi connectivity index (χ1) is 12.6. The maximum absolute atomic E-state index is 10.8. The number of fused-ring (bicyclic) bond motifs is 2. The zero-order valence-electron chi connectivity index (χ0n) is 14.8. The van der Waals surface area contributed by atoms with Crippen LogP contribution < -0.4 is 0 Å². The predicted octanol–water partition coefficient (Wildman–Crippen LogP) is 6.73. The third-order valence-electron chi connectivity index (χ3n) is 5.56. The van der Waals surface area contributed by atoms with Crippen molar-refractivity contribution >= 4 is 30.5 Å². The van der Waals surface area contributed by atoms with Crippen molar-refractivity contribution < 1.29 is 22.1 Å². The van der Waals surface area contributed by atoms with Gasteiger partial charge in [-0.1, -0.05) is 30.7 Å². The first-order valence-corrected chi connectivity index (χ1v) is 13.3. The average Bonchev–Trinajstić information content (AvgIpc) is 3.27. The number of benzene rings is 2. The van der Waals surface area contributed by atoms with Crippen LogP contribution in [-0.4, -0.2) is 11.3 Å². The summed E-state index contributed by atoms with van der Waals surface area (Å²) in [4.78, 5) is 4.51. The summed E-state index contributed by atoms with van der Waals surface area (Å²) in [5.74, 6) is 2.63. The summed E-state index contributed by atoms with van der Waals surface area (Å²) >= 11 is -0.556. The molecule has 2 aromatic rings. The van der Waals surface area contributed by atoms with Gasteiger partial charge in [-0.25, -0.2) is 0 Å². The van der Waals surface area contributed by atoms with E-state index in [2.05, 4.69) is 18.0 Å². The normalized spacial score (nSPS) is 23.7. The molecule has 2 fully saturated rings. The van der Waals surface area contributed by atoms with Gasteiger partial charge in [-0.2, -0.15) is 0 Å². The molecule has 136 valence electrons. The standard InChI is InChI=1S/C21H23NO.2ClH.Ti/c1-14-9-17(13-22-18-5-3-2-4-6-18)21(23)20(10-14)19-12-15-7-8-16(19)11-15;;;/h2-6,9-10,13,15-16,19,23H,7-8,11-12H2,1H3;2*1H;/q;;;+2/p-2. The summed E-state index contributed by atoms with van der Waals surface area (Å²) in [5.41, 5.74) is 4.10. The van der Waals surface area contributed by atoms with E-state index >= 15 is 0 Å². The number of aryl methyl sites for hydroxylation is 1. The molecule has 0 heterocycles. The number of hydrogen-bond donors (Lipinski definition) is 1. The second-order valence-corrected chi connectivity index (χ2v) is 9.82. The van der Waals surface area contributed by atoms with Crippen molar-refractivity contribution in [3.05, 3.63) is 59.2 Å².